The summed E-state index contributed by atoms with van der Waals surface area (Å²) >= 11 is 0. The molecule has 0 aliphatic heterocycles. The number of nitroso groups, excluding NO2 is 2. The van der Waals surface area contributed by atoms with E-state index in [0.717, 1.165) is 21.5 Å². The van der Waals surface area contributed by atoms with Crippen LogP contribution in [0.15, 0.2) is 64.8 Å². The third-order valence-corrected chi connectivity index (χ3v) is 3.28. The lowest BCUT2D eigenvalue weighted by Crippen LogP contribution is -2.26. The van der Waals surface area contributed by atoms with Gasteiger partial charge in [-0.05, 0) is 27.0 Å². The van der Waals surface area contributed by atoms with Crippen LogP contribution >= 0.6 is 0 Å². The Kier molecular flexibility index (Phi) is 2.80. The van der Waals surface area contributed by atoms with Crippen molar-refractivity contribution in [3.05, 3.63) is 64.4 Å². The average molecular weight is 248 g/mol. The highest BCUT2D eigenvalue weighted by Crippen LogP contribution is 2.24. The van der Waals surface area contributed by atoms with Gasteiger partial charge in [0.05, 0.1) is 0 Å². The first-order valence-corrected chi connectivity index (χ1v) is 5.90. The molecule has 0 aliphatic carbocycles. The van der Waals surface area contributed by atoms with E-state index in [-0.39, 0.29) is 0 Å². The Morgan fingerprint density at radius 1 is 0.737 bits per heavy atom. The van der Waals surface area contributed by atoms with Gasteiger partial charge in [0.25, 0.3) is 0 Å². The van der Waals surface area contributed by atoms with Crippen LogP contribution in [0.4, 0.5) is 0 Å². The quantitative estimate of drug-likeness (QED) is 0.406. The van der Waals surface area contributed by atoms with E-state index < -0.39 is 6.98 Å². The molecule has 4 nitrogen and oxygen atoms in total. The first-order chi connectivity index (χ1) is 9.35. The fourth-order valence-electron chi connectivity index (χ4n) is 2.43. The van der Waals surface area contributed by atoms with Crippen LogP contribution in [0.1, 0.15) is 0 Å². The zero-order chi connectivity index (χ0) is 13.2. The number of nitrogens with zero attached hydrogens (tertiary/aromatic N) is 2. The van der Waals surface area contributed by atoms with E-state index in [9.17, 15) is 9.81 Å². The maximum Gasteiger partial charge on any atom is 0.549 e. The molecule has 19 heavy (non-hydrogen) atoms. The topological polar surface area (TPSA) is 58.9 Å². The van der Waals surface area contributed by atoms with Crippen molar-refractivity contribution in [2.45, 2.75) is 0 Å². The van der Waals surface area contributed by atoms with E-state index in [1.54, 1.807) is 0 Å². The molecule has 0 radical (unpaired) electrons. The molecule has 0 bridgehead atoms. The van der Waals surface area contributed by atoms with Crippen molar-refractivity contribution in [3.63, 3.8) is 0 Å². The fourth-order valence-corrected chi connectivity index (χ4v) is 2.43. The molecule has 0 fully saturated rings. The summed E-state index contributed by atoms with van der Waals surface area (Å²) in [4.78, 5) is 21.5. The lowest BCUT2D eigenvalue weighted by Gasteiger charge is -2.08. The molecule has 0 heterocycles. The highest BCUT2D eigenvalue weighted by atomic mass is 16.3. The molecule has 0 N–H and O–H groups in total. The summed E-state index contributed by atoms with van der Waals surface area (Å²) in [5.74, 6) is 0. The van der Waals surface area contributed by atoms with E-state index in [1.165, 1.54) is 0 Å². The number of fused-ring (bicyclic) bond motifs is 3. The van der Waals surface area contributed by atoms with Crippen molar-refractivity contribution < 1.29 is 0 Å². The molecule has 0 aliphatic rings. The van der Waals surface area contributed by atoms with Gasteiger partial charge in [-0.15, -0.1) is 0 Å². The normalized spacial score (nSPS) is 10.5. The maximum atomic E-state index is 10.8. The van der Waals surface area contributed by atoms with E-state index in [4.69, 9.17) is 0 Å². The molecule has 0 saturated heterocycles. The van der Waals surface area contributed by atoms with Gasteiger partial charge in [0.2, 0.25) is 0 Å². The van der Waals surface area contributed by atoms with Crippen LogP contribution in [0.25, 0.3) is 21.5 Å². The van der Waals surface area contributed by atoms with Gasteiger partial charge in [0.1, 0.15) is 0 Å². The van der Waals surface area contributed by atoms with E-state index in [1.807, 2.05) is 54.6 Å². The summed E-state index contributed by atoms with van der Waals surface area (Å²) in [6, 6.07) is 17.3. The van der Waals surface area contributed by atoms with Crippen LogP contribution in [-0.2, 0) is 0 Å². The van der Waals surface area contributed by atoms with Gasteiger partial charge in [-0.25, -0.2) is 0 Å². The van der Waals surface area contributed by atoms with Crippen LogP contribution in [0.5, 0.6) is 0 Å². The number of rotatable bonds is 3. The van der Waals surface area contributed by atoms with Gasteiger partial charge >= 0.3 is 6.98 Å². The summed E-state index contributed by atoms with van der Waals surface area (Å²) in [6.07, 6.45) is 0. The molecule has 3 rings (SSSR count). The van der Waals surface area contributed by atoms with Crippen molar-refractivity contribution >= 4 is 34.0 Å². The van der Waals surface area contributed by atoms with E-state index >= 15 is 0 Å². The second kappa shape index (κ2) is 4.61. The Hall–Kier alpha value is -2.56. The monoisotopic (exact) mass is 248 g/mol. The van der Waals surface area contributed by atoms with Gasteiger partial charge < -0.3 is 0 Å². The van der Waals surface area contributed by atoms with Gasteiger partial charge in [-0.1, -0.05) is 64.8 Å². The number of benzene rings is 3. The Morgan fingerprint density at radius 3 is 2.00 bits per heavy atom. The number of hydrogen-bond acceptors (Lipinski definition) is 4. The minimum absolute atomic E-state index is 0.555. The maximum absolute atomic E-state index is 10.8. The van der Waals surface area contributed by atoms with Crippen LogP contribution in [-0.4, -0.2) is 6.98 Å². The summed E-state index contributed by atoms with van der Waals surface area (Å²) < 4.78 is 0. The standard InChI is InChI=1S/C14H9BN2O2/c18-16-15(17-19)14-9-10-5-1-2-6-11(10)12-7-3-4-8-13(12)14/h1-9H. The van der Waals surface area contributed by atoms with Gasteiger partial charge in [0.15, 0.2) is 0 Å². The molecular formula is C14H9BN2O2. The Bertz CT molecular complexity index is 781. The van der Waals surface area contributed by atoms with Crippen LogP contribution in [0.2, 0.25) is 0 Å². The predicted octanol–water partition coefficient (Wildman–Crippen LogP) is 3.22. The summed E-state index contributed by atoms with van der Waals surface area (Å²) in [6.45, 7) is -1.20. The van der Waals surface area contributed by atoms with E-state index in [2.05, 4.69) is 10.2 Å². The van der Waals surface area contributed by atoms with Crippen LogP contribution in [0.3, 0.4) is 0 Å². The Balaban J connectivity index is 2.48. The largest absolute Gasteiger partial charge is 0.549 e. The number of hydrogen-bond donors (Lipinski definition) is 0. The summed E-state index contributed by atoms with van der Waals surface area (Å²) in [5.41, 5.74) is 0.555. The minimum atomic E-state index is -1.20. The second-order valence-corrected chi connectivity index (χ2v) is 4.32. The molecule has 90 valence electrons. The van der Waals surface area contributed by atoms with Crippen molar-refractivity contribution in [1.29, 1.82) is 0 Å². The first-order valence-electron chi connectivity index (χ1n) is 5.90. The third-order valence-electron chi connectivity index (χ3n) is 3.28. The Morgan fingerprint density at radius 2 is 1.32 bits per heavy atom. The summed E-state index contributed by atoms with van der Waals surface area (Å²) in [7, 11) is 0. The first kappa shape index (κ1) is 11.5. The average Bonchev–Trinajstić information content (AvgIpc) is 2.48. The molecule has 0 amide bonds. The van der Waals surface area contributed by atoms with Crippen molar-refractivity contribution in [2.75, 3.05) is 0 Å². The minimum Gasteiger partial charge on any atom is -0.164 e. The highest BCUT2D eigenvalue weighted by molar-refractivity contribution is 6.72. The zero-order valence-electron chi connectivity index (χ0n) is 9.98. The fraction of sp³-hybridized carbons (Fsp3) is 0. The molecular weight excluding hydrogens is 239 g/mol. The Labute approximate surface area is 109 Å². The second-order valence-electron chi connectivity index (χ2n) is 4.32. The van der Waals surface area contributed by atoms with E-state index in [0.29, 0.717) is 5.46 Å². The molecule has 0 atom stereocenters. The SMILES string of the molecule is O=NB(N=O)c1cc2ccccc2c2ccccc12. The molecule has 3 aromatic rings. The highest BCUT2D eigenvalue weighted by Gasteiger charge is 2.24. The van der Waals surface area contributed by atoms with Gasteiger partial charge in [0, 0.05) is 0 Å². The van der Waals surface area contributed by atoms with Crippen molar-refractivity contribution in [1.82, 2.24) is 0 Å². The van der Waals surface area contributed by atoms with Crippen LogP contribution < -0.4 is 5.46 Å². The predicted molar refractivity (Wildman–Crippen MR) is 78.4 cm³/mol. The third kappa shape index (κ3) is 1.79. The molecule has 0 saturated carbocycles. The lowest BCUT2D eigenvalue weighted by atomic mass is 9.68. The molecule has 0 unspecified atom stereocenters. The van der Waals surface area contributed by atoms with Crippen LogP contribution in [0, 0.1) is 9.81 Å². The van der Waals surface area contributed by atoms with Gasteiger partial charge in [-0.2, -0.15) is 9.81 Å². The molecule has 3 aromatic carbocycles. The molecule has 0 spiro atoms. The van der Waals surface area contributed by atoms with Gasteiger partial charge in [-0.3, -0.25) is 0 Å². The smallest absolute Gasteiger partial charge is 0.164 e. The lowest BCUT2D eigenvalue weighted by molar-refractivity contribution is 1.58. The molecule has 5 heteroatoms. The van der Waals surface area contributed by atoms with Crippen molar-refractivity contribution in [3.8, 4) is 0 Å². The zero-order valence-corrected chi connectivity index (χ0v) is 9.98. The van der Waals surface area contributed by atoms with Crippen molar-refractivity contribution in [2.24, 2.45) is 10.2 Å². The molecule has 0 aromatic heterocycles. The summed E-state index contributed by atoms with van der Waals surface area (Å²) in [5, 5.41) is 9.49.